The second kappa shape index (κ2) is 13.4. The molecule has 0 unspecified atom stereocenters. The van der Waals surface area contributed by atoms with Crippen molar-refractivity contribution in [3.8, 4) is 33.8 Å². The first-order chi connectivity index (χ1) is 19.4. The molecule has 0 aromatic heterocycles. The third-order valence-corrected chi connectivity index (χ3v) is 6.00. The first kappa shape index (κ1) is 27.7. The van der Waals surface area contributed by atoms with E-state index in [0.717, 1.165) is 51.4 Å². The van der Waals surface area contributed by atoms with Crippen LogP contribution < -0.4 is 20.1 Å². The van der Waals surface area contributed by atoms with Gasteiger partial charge in [0, 0.05) is 36.6 Å². The summed E-state index contributed by atoms with van der Waals surface area (Å²) in [6.07, 6.45) is 2.27. The van der Waals surface area contributed by atoms with Gasteiger partial charge in [-0.15, -0.1) is 0 Å². The Morgan fingerprint density at radius 2 is 0.850 bits per heavy atom. The summed E-state index contributed by atoms with van der Waals surface area (Å²) in [5.41, 5.74) is 7.17. The van der Waals surface area contributed by atoms with Crippen LogP contribution in [-0.4, -0.2) is 25.0 Å². The Labute approximate surface area is 234 Å². The highest BCUT2D eigenvalue weighted by atomic mass is 16.5. The number of ether oxygens (including phenoxy) is 2. The lowest BCUT2D eigenvalue weighted by molar-refractivity contribution is -0.129. The van der Waals surface area contributed by atoms with E-state index in [0.29, 0.717) is 24.6 Å². The maximum Gasteiger partial charge on any atom is 0.335 e. The first-order valence-corrected chi connectivity index (χ1v) is 12.7. The van der Waals surface area contributed by atoms with Crippen LogP contribution in [0, 0.1) is 0 Å². The fraction of sp³-hybridized carbons (Fsp3) is 0.0588. The number of benzene rings is 4. The van der Waals surface area contributed by atoms with Gasteiger partial charge in [-0.05, 0) is 76.4 Å². The van der Waals surface area contributed by atoms with Crippen LogP contribution in [0.4, 0.5) is 11.4 Å². The largest absolute Gasteiger partial charge is 0.423 e. The summed E-state index contributed by atoms with van der Waals surface area (Å²) >= 11 is 0. The van der Waals surface area contributed by atoms with E-state index in [9.17, 15) is 9.59 Å². The van der Waals surface area contributed by atoms with Crippen LogP contribution in [0.15, 0.2) is 135 Å². The third kappa shape index (κ3) is 7.82. The van der Waals surface area contributed by atoms with Gasteiger partial charge >= 0.3 is 11.9 Å². The molecule has 0 fully saturated rings. The van der Waals surface area contributed by atoms with Crippen molar-refractivity contribution >= 4 is 23.3 Å². The van der Waals surface area contributed by atoms with Crippen LogP contribution in [0.2, 0.25) is 0 Å². The zero-order valence-corrected chi connectivity index (χ0v) is 22.1. The smallest absolute Gasteiger partial charge is 0.335 e. The Kier molecular flexibility index (Phi) is 9.30. The second-order valence-electron chi connectivity index (χ2n) is 8.91. The number of carbonyl (C=O) groups is 2. The van der Waals surface area contributed by atoms with E-state index >= 15 is 0 Å². The molecule has 0 bridgehead atoms. The topological polar surface area (TPSA) is 76.7 Å². The van der Waals surface area contributed by atoms with Crippen molar-refractivity contribution in [1.82, 2.24) is 0 Å². The minimum atomic E-state index is -0.479. The van der Waals surface area contributed by atoms with Crippen molar-refractivity contribution in [2.45, 2.75) is 0 Å². The number of esters is 2. The molecule has 0 atom stereocenters. The van der Waals surface area contributed by atoms with Gasteiger partial charge < -0.3 is 20.1 Å². The molecule has 0 amide bonds. The Morgan fingerprint density at radius 1 is 0.550 bits per heavy atom. The normalized spacial score (nSPS) is 10.2. The maximum atomic E-state index is 11.3. The molecular formula is C34H30N2O4. The lowest BCUT2D eigenvalue weighted by atomic mass is 10.1. The Bertz CT molecular complexity index is 1370. The lowest BCUT2D eigenvalue weighted by Gasteiger charge is -2.12. The zero-order valence-electron chi connectivity index (χ0n) is 22.1. The Morgan fingerprint density at radius 3 is 1.15 bits per heavy atom. The van der Waals surface area contributed by atoms with Crippen molar-refractivity contribution in [3.63, 3.8) is 0 Å². The molecule has 4 aromatic rings. The van der Waals surface area contributed by atoms with E-state index in [1.54, 1.807) is 24.3 Å². The molecule has 0 saturated heterocycles. The van der Waals surface area contributed by atoms with Gasteiger partial charge in [-0.3, -0.25) is 0 Å². The molecule has 0 radical (unpaired) electrons. The quantitative estimate of drug-likeness (QED) is 0.0867. The highest BCUT2D eigenvalue weighted by Crippen LogP contribution is 2.25. The molecule has 4 aromatic carbocycles. The predicted molar refractivity (Wildman–Crippen MR) is 162 cm³/mol. The second-order valence-corrected chi connectivity index (χ2v) is 8.91. The summed E-state index contributed by atoms with van der Waals surface area (Å²) in [7, 11) is 0. The molecule has 0 saturated carbocycles. The van der Waals surface area contributed by atoms with E-state index in [-0.39, 0.29) is 0 Å². The molecule has 0 aliphatic rings. The number of hydrogen-bond acceptors (Lipinski definition) is 6. The van der Waals surface area contributed by atoms with E-state index < -0.39 is 11.9 Å². The van der Waals surface area contributed by atoms with E-state index in [1.807, 2.05) is 72.8 Å². The molecular weight excluding hydrogens is 500 g/mol. The van der Waals surface area contributed by atoms with Crippen molar-refractivity contribution < 1.29 is 19.1 Å². The Balaban J connectivity index is 1.22. The van der Waals surface area contributed by atoms with Gasteiger partial charge in [0.15, 0.2) is 0 Å². The fourth-order valence-corrected chi connectivity index (χ4v) is 3.82. The van der Waals surface area contributed by atoms with E-state index in [2.05, 4.69) is 30.4 Å². The molecule has 0 spiro atoms. The monoisotopic (exact) mass is 530 g/mol. The fourth-order valence-electron chi connectivity index (χ4n) is 3.82. The molecule has 4 rings (SSSR count). The van der Waals surface area contributed by atoms with E-state index in [4.69, 9.17) is 9.47 Å². The summed E-state index contributed by atoms with van der Waals surface area (Å²) in [6, 6.07) is 30.9. The first-order valence-electron chi connectivity index (χ1n) is 12.7. The molecule has 2 N–H and O–H groups in total. The van der Waals surface area contributed by atoms with Crippen molar-refractivity contribution in [1.29, 1.82) is 0 Å². The van der Waals surface area contributed by atoms with Gasteiger partial charge in [-0.2, -0.15) is 0 Å². The number of hydrogen-bond donors (Lipinski definition) is 2. The highest BCUT2D eigenvalue weighted by molar-refractivity contribution is 5.84. The molecule has 6 nitrogen and oxygen atoms in total. The molecule has 200 valence electrons. The van der Waals surface area contributed by atoms with Crippen molar-refractivity contribution in [2.75, 3.05) is 23.7 Å². The molecule has 0 aliphatic heterocycles. The molecule has 0 aliphatic carbocycles. The highest BCUT2D eigenvalue weighted by Gasteiger charge is 2.04. The Hall–Kier alpha value is -5.36. The van der Waals surface area contributed by atoms with Gasteiger partial charge in [0.05, 0.1) is 0 Å². The number of anilines is 2. The maximum absolute atomic E-state index is 11.3. The summed E-state index contributed by atoms with van der Waals surface area (Å²) in [6.45, 7) is 12.2. The standard InChI is InChI=1S/C34H30N2O4/c1-4-33(37)39-31-18-10-27(11-19-31)25-6-14-29(15-7-25)35-22-24(3)23-36-30-16-8-26(9-17-30)28-12-20-32(21-13-28)40-34(38)5-2/h4-21,35-36H,1-3,22-23H2. The van der Waals surface area contributed by atoms with Crippen LogP contribution in [0.25, 0.3) is 22.3 Å². The summed E-state index contributed by atoms with van der Waals surface area (Å²) in [4.78, 5) is 22.7. The summed E-state index contributed by atoms with van der Waals surface area (Å²) in [5.74, 6) is 0.00396. The van der Waals surface area contributed by atoms with Crippen LogP contribution in [0.3, 0.4) is 0 Å². The van der Waals surface area contributed by atoms with Crippen molar-refractivity contribution in [2.24, 2.45) is 0 Å². The van der Waals surface area contributed by atoms with Crippen LogP contribution >= 0.6 is 0 Å². The zero-order chi connectivity index (χ0) is 28.3. The number of rotatable bonds is 12. The van der Waals surface area contributed by atoms with Crippen LogP contribution in [0.5, 0.6) is 11.5 Å². The molecule has 40 heavy (non-hydrogen) atoms. The molecule has 6 heteroatoms. The van der Waals surface area contributed by atoms with Gasteiger partial charge in [-0.1, -0.05) is 68.3 Å². The number of carbonyl (C=O) groups excluding carboxylic acids is 2. The van der Waals surface area contributed by atoms with Gasteiger partial charge in [0.2, 0.25) is 0 Å². The average molecular weight is 531 g/mol. The van der Waals surface area contributed by atoms with E-state index in [1.165, 1.54) is 0 Å². The SMILES string of the molecule is C=CC(=O)Oc1ccc(-c2ccc(NCC(=C)CNc3ccc(-c4ccc(OC(=O)C=C)cc4)cc3)cc2)cc1. The number of nitrogens with one attached hydrogen (secondary N) is 2. The summed E-state index contributed by atoms with van der Waals surface area (Å²) in [5, 5.41) is 6.81. The van der Waals surface area contributed by atoms with Crippen LogP contribution in [-0.2, 0) is 9.59 Å². The summed E-state index contributed by atoms with van der Waals surface area (Å²) < 4.78 is 10.2. The third-order valence-electron chi connectivity index (χ3n) is 6.00. The van der Waals surface area contributed by atoms with Gasteiger partial charge in [-0.25, -0.2) is 9.59 Å². The predicted octanol–water partition coefficient (Wildman–Crippen LogP) is 7.28. The van der Waals surface area contributed by atoms with Gasteiger partial charge in [0.25, 0.3) is 0 Å². The van der Waals surface area contributed by atoms with Gasteiger partial charge in [0.1, 0.15) is 11.5 Å². The van der Waals surface area contributed by atoms with Crippen LogP contribution in [0.1, 0.15) is 0 Å². The molecule has 0 heterocycles. The van der Waals surface area contributed by atoms with Crippen molar-refractivity contribution in [3.05, 3.63) is 135 Å². The average Bonchev–Trinajstić information content (AvgIpc) is 3.00. The lowest BCUT2D eigenvalue weighted by Crippen LogP contribution is -2.12. The minimum Gasteiger partial charge on any atom is -0.423 e. The minimum absolute atomic E-state index is 0.479.